The molecule has 2 heterocycles. The number of hydrogen-bond donors (Lipinski definition) is 1. The van der Waals surface area contributed by atoms with Gasteiger partial charge in [0.25, 0.3) is 0 Å². The van der Waals surface area contributed by atoms with E-state index >= 15 is 0 Å². The molecule has 1 fully saturated rings. The molecule has 1 aliphatic rings. The first-order valence-corrected chi connectivity index (χ1v) is 6.26. The summed E-state index contributed by atoms with van der Waals surface area (Å²) in [5, 5.41) is 0. The van der Waals surface area contributed by atoms with Gasteiger partial charge >= 0.3 is 0 Å². The minimum Gasteiger partial charge on any atom is -0.468 e. The van der Waals surface area contributed by atoms with Crippen LogP contribution in [0.4, 0.5) is 0 Å². The molecule has 1 aromatic heterocycles. The fourth-order valence-electron chi connectivity index (χ4n) is 2.50. The lowest BCUT2D eigenvalue weighted by atomic mass is 10.0. The van der Waals surface area contributed by atoms with E-state index in [0.717, 1.165) is 18.9 Å². The third-order valence-corrected chi connectivity index (χ3v) is 3.35. The predicted octanol–water partition coefficient (Wildman–Crippen LogP) is 1.78. The van der Waals surface area contributed by atoms with E-state index in [4.69, 9.17) is 14.9 Å². The van der Waals surface area contributed by atoms with Crippen molar-refractivity contribution in [2.24, 2.45) is 5.73 Å². The zero-order chi connectivity index (χ0) is 12.4. The number of rotatable bonds is 3. The van der Waals surface area contributed by atoms with Crippen LogP contribution in [-0.2, 0) is 4.74 Å². The monoisotopic (exact) mass is 238 g/mol. The Kier molecular flexibility index (Phi) is 3.86. The van der Waals surface area contributed by atoms with Gasteiger partial charge in [-0.15, -0.1) is 0 Å². The van der Waals surface area contributed by atoms with Gasteiger partial charge < -0.3 is 14.9 Å². The SMILES string of the molecule is CC1CN(C(c2ccco2)C(C)N)C(C)CO1. The minimum atomic E-state index is 0.0360. The fraction of sp³-hybridized carbons (Fsp3) is 0.692. The van der Waals surface area contributed by atoms with Crippen LogP contribution in [0.5, 0.6) is 0 Å². The summed E-state index contributed by atoms with van der Waals surface area (Å²) in [7, 11) is 0. The summed E-state index contributed by atoms with van der Waals surface area (Å²) in [5.41, 5.74) is 6.12. The average molecular weight is 238 g/mol. The first-order chi connectivity index (χ1) is 8.09. The third kappa shape index (κ3) is 2.70. The molecule has 1 aromatic rings. The Labute approximate surface area is 103 Å². The van der Waals surface area contributed by atoms with Gasteiger partial charge in [-0.2, -0.15) is 0 Å². The Morgan fingerprint density at radius 3 is 2.82 bits per heavy atom. The number of nitrogens with zero attached hydrogens (tertiary/aromatic N) is 1. The second kappa shape index (κ2) is 5.21. The highest BCUT2D eigenvalue weighted by Gasteiger charge is 2.33. The maximum absolute atomic E-state index is 6.12. The lowest BCUT2D eigenvalue weighted by Gasteiger charge is -2.42. The second-order valence-electron chi connectivity index (χ2n) is 5.01. The molecule has 2 rings (SSSR count). The van der Waals surface area contributed by atoms with Crippen LogP contribution in [0.15, 0.2) is 22.8 Å². The second-order valence-corrected chi connectivity index (χ2v) is 5.01. The topological polar surface area (TPSA) is 51.6 Å². The summed E-state index contributed by atoms with van der Waals surface area (Å²) < 4.78 is 11.2. The summed E-state index contributed by atoms with van der Waals surface area (Å²) in [6.07, 6.45) is 1.96. The van der Waals surface area contributed by atoms with Crippen LogP contribution in [0.3, 0.4) is 0 Å². The number of furan rings is 1. The molecular formula is C13H22N2O2. The zero-order valence-electron chi connectivity index (χ0n) is 10.8. The first kappa shape index (κ1) is 12.6. The van der Waals surface area contributed by atoms with Crippen LogP contribution in [-0.4, -0.2) is 36.2 Å². The molecule has 1 aliphatic heterocycles. The van der Waals surface area contributed by atoms with Crippen molar-refractivity contribution in [2.45, 2.75) is 45.0 Å². The minimum absolute atomic E-state index is 0.0360. The Hall–Kier alpha value is -0.840. The standard InChI is InChI=1S/C13H22N2O2/c1-9-8-17-10(2)7-15(9)13(11(3)14)12-5-4-6-16-12/h4-6,9-11,13H,7-8,14H2,1-3H3. The van der Waals surface area contributed by atoms with E-state index in [0.29, 0.717) is 6.04 Å². The zero-order valence-corrected chi connectivity index (χ0v) is 10.8. The molecule has 0 aromatic carbocycles. The van der Waals surface area contributed by atoms with Crippen LogP contribution in [0.25, 0.3) is 0 Å². The van der Waals surface area contributed by atoms with Gasteiger partial charge in [0.1, 0.15) is 5.76 Å². The Bertz CT molecular complexity index is 337. The maximum atomic E-state index is 6.12. The third-order valence-electron chi connectivity index (χ3n) is 3.35. The molecule has 0 amide bonds. The van der Waals surface area contributed by atoms with Crippen molar-refractivity contribution < 1.29 is 9.15 Å². The first-order valence-electron chi connectivity index (χ1n) is 6.26. The molecule has 17 heavy (non-hydrogen) atoms. The smallest absolute Gasteiger partial charge is 0.122 e. The molecule has 96 valence electrons. The van der Waals surface area contributed by atoms with Crippen LogP contribution < -0.4 is 5.73 Å². The lowest BCUT2D eigenvalue weighted by Crippen LogP contribution is -2.52. The average Bonchev–Trinajstić information content (AvgIpc) is 2.76. The number of ether oxygens (including phenoxy) is 1. The Morgan fingerprint density at radius 1 is 1.47 bits per heavy atom. The quantitative estimate of drug-likeness (QED) is 0.872. The molecule has 2 N–H and O–H groups in total. The van der Waals surface area contributed by atoms with Crippen molar-refractivity contribution in [2.75, 3.05) is 13.2 Å². The van der Waals surface area contributed by atoms with Gasteiger partial charge in [-0.1, -0.05) is 0 Å². The molecular weight excluding hydrogens is 216 g/mol. The van der Waals surface area contributed by atoms with Crippen LogP contribution in [0, 0.1) is 0 Å². The summed E-state index contributed by atoms with van der Waals surface area (Å²) in [4.78, 5) is 2.39. The molecule has 4 heteroatoms. The molecule has 4 unspecified atom stereocenters. The summed E-state index contributed by atoms with van der Waals surface area (Å²) >= 11 is 0. The van der Waals surface area contributed by atoms with Crippen LogP contribution in [0.1, 0.15) is 32.6 Å². The van der Waals surface area contributed by atoms with Gasteiger partial charge in [0, 0.05) is 18.6 Å². The largest absolute Gasteiger partial charge is 0.468 e. The summed E-state index contributed by atoms with van der Waals surface area (Å²) in [6, 6.07) is 4.45. The van der Waals surface area contributed by atoms with Gasteiger partial charge in [-0.3, -0.25) is 4.90 Å². The number of morpholine rings is 1. The molecule has 0 radical (unpaired) electrons. The predicted molar refractivity (Wildman–Crippen MR) is 66.7 cm³/mol. The maximum Gasteiger partial charge on any atom is 0.122 e. The van der Waals surface area contributed by atoms with Crippen molar-refractivity contribution in [3.63, 3.8) is 0 Å². The van der Waals surface area contributed by atoms with E-state index < -0.39 is 0 Å². The van der Waals surface area contributed by atoms with Crippen molar-refractivity contribution >= 4 is 0 Å². The van der Waals surface area contributed by atoms with Gasteiger partial charge in [0.2, 0.25) is 0 Å². The van der Waals surface area contributed by atoms with Crippen LogP contribution in [0.2, 0.25) is 0 Å². The molecule has 0 saturated carbocycles. The van der Waals surface area contributed by atoms with E-state index in [-0.39, 0.29) is 18.2 Å². The van der Waals surface area contributed by atoms with E-state index in [2.05, 4.69) is 18.7 Å². The molecule has 4 atom stereocenters. The highest BCUT2D eigenvalue weighted by molar-refractivity contribution is 5.08. The number of nitrogens with two attached hydrogens (primary N) is 1. The summed E-state index contributed by atoms with van der Waals surface area (Å²) in [5.74, 6) is 0.945. The van der Waals surface area contributed by atoms with E-state index in [1.165, 1.54) is 0 Å². The fourth-order valence-corrected chi connectivity index (χ4v) is 2.50. The lowest BCUT2D eigenvalue weighted by molar-refractivity contribution is -0.0727. The highest BCUT2D eigenvalue weighted by Crippen LogP contribution is 2.28. The molecule has 4 nitrogen and oxygen atoms in total. The van der Waals surface area contributed by atoms with Crippen molar-refractivity contribution in [3.8, 4) is 0 Å². The Balaban J connectivity index is 2.20. The summed E-state index contributed by atoms with van der Waals surface area (Å²) in [6.45, 7) is 7.95. The normalized spacial score (nSPS) is 30.1. The van der Waals surface area contributed by atoms with E-state index in [1.54, 1.807) is 6.26 Å². The van der Waals surface area contributed by atoms with Gasteiger partial charge in [-0.05, 0) is 32.9 Å². The van der Waals surface area contributed by atoms with Crippen LogP contribution >= 0.6 is 0 Å². The van der Waals surface area contributed by atoms with Crippen molar-refractivity contribution in [3.05, 3.63) is 24.2 Å². The highest BCUT2D eigenvalue weighted by atomic mass is 16.5. The molecule has 0 bridgehead atoms. The molecule has 0 aliphatic carbocycles. The number of hydrogen-bond acceptors (Lipinski definition) is 4. The van der Waals surface area contributed by atoms with E-state index in [1.807, 2.05) is 19.1 Å². The van der Waals surface area contributed by atoms with Crippen molar-refractivity contribution in [1.29, 1.82) is 0 Å². The van der Waals surface area contributed by atoms with Gasteiger partial charge in [0.15, 0.2) is 0 Å². The Morgan fingerprint density at radius 2 is 2.24 bits per heavy atom. The van der Waals surface area contributed by atoms with Gasteiger partial charge in [-0.25, -0.2) is 0 Å². The van der Waals surface area contributed by atoms with Gasteiger partial charge in [0.05, 0.1) is 25.0 Å². The van der Waals surface area contributed by atoms with E-state index in [9.17, 15) is 0 Å². The van der Waals surface area contributed by atoms with Crippen molar-refractivity contribution in [1.82, 2.24) is 4.90 Å². The molecule has 1 saturated heterocycles. The molecule has 0 spiro atoms.